The molecular weight excluding hydrogens is 256 g/mol. The number of nitrogens with one attached hydrogen (secondary N) is 1. The van der Waals surface area contributed by atoms with Crippen LogP contribution in [-0.4, -0.2) is 62.2 Å². The lowest BCUT2D eigenvalue weighted by Crippen LogP contribution is -2.55. The number of morpholine rings is 1. The Bertz CT molecular complexity index is 423. The minimum absolute atomic E-state index is 0.0270. The summed E-state index contributed by atoms with van der Waals surface area (Å²) in [5, 5.41) is 2.81. The molecule has 0 aliphatic carbocycles. The maximum Gasteiger partial charge on any atom is 0.318 e. The molecule has 1 N–H and O–H groups in total. The molecule has 18 heavy (non-hydrogen) atoms. The number of hydrogen-bond donors (Lipinski definition) is 1. The molecule has 0 saturated carbocycles. The first-order valence-corrected chi connectivity index (χ1v) is 8.08. The summed E-state index contributed by atoms with van der Waals surface area (Å²) in [5.41, 5.74) is 0. The SMILES string of the molecule is C[C@@H]1CN(C(=O)N[C@H]2CCS(=O)(=O)C2)[C@H](C)CO1. The molecule has 7 heteroatoms. The first kappa shape index (κ1) is 13.6. The predicted molar refractivity (Wildman–Crippen MR) is 67.2 cm³/mol. The predicted octanol–water partition coefficient (Wildman–Crippen LogP) is -0.00770. The van der Waals surface area contributed by atoms with E-state index in [0.29, 0.717) is 19.6 Å². The minimum atomic E-state index is -2.95. The fourth-order valence-corrected chi connectivity index (χ4v) is 4.03. The molecule has 0 radical (unpaired) electrons. The molecule has 0 aromatic carbocycles. The normalized spacial score (nSPS) is 35.4. The molecule has 0 bridgehead atoms. The van der Waals surface area contributed by atoms with Crippen molar-refractivity contribution >= 4 is 15.9 Å². The van der Waals surface area contributed by atoms with Crippen molar-refractivity contribution in [1.29, 1.82) is 0 Å². The maximum absolute atomic E-state index is 12.1. The van der Waals surface area contributed by atoms with Crippen molar-refractivity contribution in [2.45, 2.75) is 38.5 Å². The number of rotatable bonds is 1. The van der Waals surface area contributed by atoms with E-state index in [1.807, 2.05) is 13.8 Å². The van der Waals surface area contributed by atoms with E-state index in [4.69, 9.17) is 4.74 Å². The van der Waals surface area contributed by atoms with Crippen LogP contribution in [0.4, 0.5) is 4.79 Å². The molecule has 3 atom stereocenters. The smallest absolute Gasteiger partial charge is 0.318 e. The van der Waals surface area contributed by atoms with Crippen LogP contribution < -0.4 is 5.32 Å². The van der Waals surface area contributed by atoms with Crippen molar-refractivity contribution in [2.24, 2.45) is 0 Å². The van der Waals surface area contributed by atoms with Crippen molar-refractivity contribution < 1.29 is 17.9 Å². The van der Waals surface area contributed by atoms with Crippen LogP contribution in [0.1, 0.15) is 20.3 Å². The molecule has 2 aliphatic rings. The highest BCUT2D eigenvalue weighted by atomic mass is 32.2. The van der Waals surface area contributed by atoms with E-state index in [1.165, 1.54) is 0 Å². The number of carbonyl (C=O) groups excluding carboxylic acids is 1. The van der Waals surface area contributed by atoms with Crippen molar-refractivity contribution in [1.82, 2.24) is 10.2 Å². The molecule has 2 saturated heterocycles. The van der Waals surface area contributed by atoms with E-state index in [9.17, 15) is 13.2 Å². The number of amides is 2. The number of urea groups is 1. The van der Waals surface area contributed by atoms with Crippen LogP contribution in [0, 0.1) is 0 Å². The first-order chi connectivity index (χ1) is 8.37. The Labute approximate surface area is 108 Å². The largest absolute Gasteiger partial charge is 0.375 e. The van der Waals surface area contributed by atoms with Crippen LogP contribution in [0.2, 0.25) is 0 Å². The Morgan fingerprint density at radius 2 is 2.11 bits per heavy atom. The third kappa shape index (κ3) is 3.14. The van der Waals surface area contributed by atoms with Gasteiger partial charge >= 0.3 is 6.03 Å². The third-order valence-electron chi connectivity index (χ3n) is 3.43. The zero-order chi connectivity index (χ0) is 13.3. The zero-order valence-corrected chi connectivity index (χ0v) is 11.6. The van der Waals surface area contributed by atoms with Crippen molar-refractivity contribution in [2.75, 3.05) is 24.7 Å². The molecule has 104 valence electrons. The van der Waals surface area contributed by atoms with Gasteiger partial charge in [0.25, 0.3) is 0 Å². The second-order valence-corrected chi connectivity index (χ2v) is 7.42. The molecule has 0 unspecified atom stereocenters. The summed E-state index contributed by atoms with van der Waals surface area (Å²) in [4.78, 5) is 13.8. The highest BCUT2D eigenvalue weighted by Gasteiger charge is 2.33. The van der Waals surface area contributed by atoms with E-state index in [1.54, 1.807) is 4.90 Å². The van der Waals surface area contributed by atoms with Gasteiger partial charge in [0, 0.05) is 12.6 Å². The molecule has 2 amide bonds. The molecule has 0 aromatic rings. The number of sulfone groups is 1. The van der Waals surface area contributed by atoms with Crippen molar-refractivity contribution in [3.05, 3.63) is 0 Å². The average molecular weight is 276 g/mol. The maximum atomic E-state index is 12.1. The number of ether oxygens (including phenoxy) is 1. The standard InChI is InChI=1S/C11H20N2O4S/c1-8-6-17-9(2)5-13(8)11(14)12-10-3-4-18(15,16)7-10/h8-10H,3-7H2,1-2H3,(H,12,14)/t8-,9-,10+/m1/s1. The molecular formula is C11H20N2O4S. The summed E-state index contributed by atoms with van der Waals surface area (Å²) < 4.78 is 28.1. The number of carbonyl (C=O) groups is 1. The quantitative estimate of drug-likeness (QED) is 0.731. The van der Waals surface area contributed by atoms with Crippen LogP contribution in [-0.2, 0) is 14.6 Å². The Balaban J connectivity index is 1.91. The monoisotopic (exact) mass is 276 g/mol. The van der Waals surface area contributed by atoms with Crippen LogP contribution in [0.25, 0.3) is 0 Å². The summed E-state index contributed by atoms with van der Waals surface area (Å²) in [6.45, 7) is 4.92. The van der Waals surface area contributed by atoms with E-state index in [2.05, 4.69) is 5.32 Å². The molecule has 2 heterocycles. The van der Waals surface area contributed by atoms with Crippen molar-refractivity contribution in [3.63, 3.8) is 0 Å². The summed E-state index contributed by atoms with van der Waals surface area (Å²) >= 11 is 0. The topological polar surface area (TPSA) is 75.7 Å². The molecule has 0 spiro atoms. The third-order valence-corrected chi connectivity index (χ3v) is 5.20. The summed E-state index contributed by atoms with van der Waals surface area (Å²) in [6.07, 6.45) is 0.543. The van der Waals surface area contributed by atoms with Gasteiger partial charge < -0.3 is 15.0 Å². The Kier molecular flexibility index (Phi) is 3.82. The lowest BCUT2D eigenvalue weighted by Gasteiger charge is -2.37. The Morgan fingerprint density at radius 1 is 1.39 bits per heavy atom. The molecule has 2 fully saturated rings. The highest BCUT2D eigenvalue weighted by molar-refractivity contribution is 7.91. The lowest BCUT2D eigenvalue weighted by atomic mass is 10.2. The summed E-state index contributed by atoms with van der Waals surface area (Å²) in [5.74, 6) is 0.236. The van der Waals surface area contributed by atoms with E-state index in [0.717, 1.165) is 0 Å². The van der Waals surface area contributed by atoms with Gasteiger partial charge in [-0.2, -0.15) is 0 Å². The van der Waals surface area contributed by atoms with Gasteiger partial charge in [-0.15, -0.1) is 0 Å². The molecule has 2 rings (SSSR count). The van der Waals surface area contributed by atoms with Crippen LogP contribution in [0.5, 0.6) is 0 Å². The molecule has 2 aliphatic heterocycles. The highest BCUT2D eigenvalue weighted by Crippen LogP contribution is 2.14. The van der Waals surface area contributed by atoms with Gasteiger partial charge in [0.1, 0.15) is 0 Å². The average Bonchev–Trinajstić information content (AvgIpc) is 2.61. The van der Waals surface area contributed by atoms with Crippen LogP contribution in [0.3, 0.4) is 0 Å². The van der Waals surface area contributed by atoms with E-state index in [-0.39, 0.29) is 35.7 Å². The first-order valence-electron chi connectivity index (χ1n) is 6.26. The fourth-order valence-electron chi connectivity index (χ4n) is 2.35. The number of nitrogens with zero attached hydrogens (tertiary/aromatic N) is 1. The summed E-state index contributed by atoms with van der Waals surface area (Å²) in [6, 6.07) is -0.396. The summed E-state index contributed by atoms with van der Waals surface area (Å²) in [7, 11) is -2.95. The van der Waals surface area contributed by atoms with Gasteiger partial charge in [0.15, 0.2) is 9.84 Å². The van der Waals surface area contributed by atoms with Gasteiger partial charge in [-0.05, 0) is 20.3 Å². The zero-order valence-electron chi connectivity index (χ0n) is 10.8. The van der Waals surface area contributed by atoms with E-state index >= 15 is 0 Å². The lowest BCUT2D eigenvalue weighted by molar-refractivity contribution is -0.0320. The second kappa shape index (κ2) is 5.05. The van der Waals surface area contributed by atoms with Gasteiger partial charge in [0.05, 0.1) is 30.3 Å². The second-order valence-electron chi connectivity index (χ2n) is 5.19. The van der Waals surface area contributed by atoms with Gasteiger partial charge in [-0.25, -0.2) is 13.2 Å². The number of hydrogen-bond acceptors (Lipinski definition) is 4. The van der Waals surface area contributed by atoms with E-state index < -0.39 is 9.84 Å². The van der Waals surface area contributed by atoms with Gasteiger partial charge in [0.2, 0.25) is 0 Å². The van der Waals surface area contributed by atoms with Gasteiger partial charge in [-0.3, -0.25) is 0 Å². The van der Waals surface area contributed by atoms with Crippen LogP contribution in [0.15, 0.2) is 0 Å². The molecule has 0 aromatic heterocycles. The Morgan fingerprint density at radius 3 is 2.72 bits per heavy atom. The fraction of sp³-hybridized carbons (Fsp3) is 0.909. The Hall–Kier alpha value is -0.820. The van der Waals surface area contributed by atoms with Crippen molar-refractivity contribution in [3.8, 4) is 0 Å². The van der Waals surface area contributed by atoms with Gasteiger partial charge in [-0.1, -0.05) is 0 Å². The van der Waals surface area contributed by atoms with Crippen LogP contribution >= 0.6 is 0 Å². The minimum Gasteiger partial charge on any atom is -0.375 e. The molecule has 6 nitrogen and oxygen atoms in total.